The highest BCUT2D eigenvalue weighted by Crippen LogP contribution is 2.67. The maximum Gasteiger partial charge on any atom is 0.0705 e. The minimum atomic E-state index is -0.475. The van der Waals surface area contributed by atoms with Crippen LogP contribution in [0.1, 0.15) is 70.6 Å². The van der Waals surface area contributed by atoms with Gasteiger partial charge in [-0.15, -0.1) is 0 Å². The highest BCUT2D eigenvalue weighted by atomic mass is 16.3. The number of hydrogen-bond acceptors (Lipinski definition) is 2. The van der Waals surface area contributed by atoms with Crippen LogP contribution in [0.3, 0.4) is 0 Å². The van der Waals surface area contributed by atoms with Gasteiger partial charge >= 0.3 is 0 Å². The summed E-state index contributed by atoms with van der Waals surface area (Å²) in [5.41, 5.74) is 5.23. The fraction of sp³-hybridized carbons (Fsp3) is 0.621. The average molecular weight is 416 g/mol. The lowest BCUT2D eigenvalue weighted by molar-refractivity contribution is -0.139. The molecule has 3 fully saturated rings. The fourth-order valence-corrected chi connectivity index (χ4v) is 8.67. The monoisotopic (exact) mass is 415 g/mol. The predicted octanol–water partition coefficient (Wildman–Crippen LogP) is 6.46. The van der Waals surface area contributed by atoms with Gasteiger partial charge in [-0.05, 0) is 104 Å². The quantitative estimate of drug-likeness (QED) is 0.580. The van der Waals surface area contributed by atoms with Crippen LogP contribution in [-0.4, -0.2) is 15.7 Å². The first kappa shape index (κ1) is 20.0. The molecule has 0 aliphatic heterocycles. The molecule has 1 aromatic heterocycles. The van der Waals surface area contributed by atoms with Crippen LogP contribution in [-0.2, 0) is 12.8 Å². The van der Waals surface area contributed by atoms with Crippen molar-refractivity contribution in [2.75, 3.05) is 0 Å². The third-order valence-corrected chi connectivity index (χ3v) is 10.8. The lowest BCUT2D eigenvalue weighted by Gasteiger charge is -2.61. The molecule has 2 nitrogen and oxygen atoms in total. The van der Waals surface area contributed by atoms with E-state index < -0.39 is 5.60 Å². The molecule has 31 heavy (non-hydrogen) atoms. The number of rotatable bonds is 1. The molecule has 0 bridgehead atoms. The molecular weight excluding hydrogens is 378 g/mol. The normalized spacial score (nSPS) is 43.5. The molecule has 1 aromatic carbocycles. The average Bonchev–Trinajstić information content (AvgIpc) is 3.01. The summed E-state index contributed by atoms with van der Waals surface area (Å²) in [6.45, 7) is 7.13. The highest BCUT2D eigenvalue weighted by molar-refractivity contribution is 5.59. The minimum Gasteiger partial charge on any atom is -0.390 e. The molecular formula is C29H37NO. The van der Waals surface area contributed by atoms with Gasteiger partial charge in [-0.2, -0.15) is 0 Å². The maximum absolute atomic E-state index is 11.2. The predicted molar refractivity (Wildman–Crippen MR) is 126 cm³/mol. The summed E-state index contributed by atoms with van der Waals surface area (Å²) in [6.07, 6.45) is 9.75. The summed E-state index contributed by atoms with van der Waals surface area (Å²) in [7, 11) is 0. The molecule has 2 aromatic rings. The Labute approximate surface area is 187 Å². The summed E-state index contributed by atoms with van der Waals surface area (Å²) in [5.74, 6) is 3.07. The molecule has 0 saturated heterocycles. The highest BCUT2D eigenvalue weighted by Gasteiger charge is 2.63. The third kappa shape index (κ3) is 2.76. The summed E-state index contributed by atoms with van der Waals surface area (Å²) in [5, 5.41) is 11.2. The number of aromatic nitrogens is 1. The van der Waals surface area contributed by atoms with Crippen LogP contribution in [0, 0.1) is 34.5 Å². The lowest BCUT2D eigenvalue weighted by Crippen LogP contribution is -2.56. The van der Waals surface area contributed by atoms with Crippen molar-refractivity contribution >= 4 is 0 Å². The van der Waals surface area contributed by atoms with E-state index in [0.717, 1.165) is 36.3 Å². The van der Waals surface area contributed by atoms with E-state index in [-0.39, 0.29) is 5.41 Å². The van der Waals surface area contributed by atoms with E-state index in [1.807, 2.05) is 0 Å². The molecule has 0 spiro atoms. The lowest BCUT2D eigenvalue weighted by atomic mass is 9.44. The van der Waals surface area contributed by atoms with Crippen LogP contribution in [0.25, 0.3) is 11.3 Å². The summed E-state index contributed by atoms with van der Waals surface area (Å²) in [4.78, 5) is 5.16. The maximum atomic E-state index is 11.2. The number of aliphatic hydroxyl groups is 1. The first-order valence-electron chi connectivity index (χ1n) is 12.6. The summed E-state index contributed by atoms with van der Waals surface area (Å²) < 4.78 is 0. The van der Waals surface area contributed by atoms with E-state index in [9.17, 15) is 5.11 Å². The zero-order valence-electron chi connectivity index (χ0n) is 19.4. The molecule has 2 heteroatoms. The van der Waals surface area contributed by atoms with Gasteiger partial charge in [-0.1, -0.05) is 50.2 Å². The van der Waals surface area contributed by atoms with Gasteiger partial charge in [0.25, 0.3) is 0 Å². The summed E-state index contributed by atoms with van der Waals surface area (Å²) in [6, 6.07) is 15.2. The first-order valence-corrected chi connectivity index (χ1v) is 12.6. The number of hydrogen-bond donors (Lipinski definition) is 1. The second-order valence-corrected chi connectivity index (χ2v) is 12.0. The Morgan fingerprint density at radius 1 is 0.871 bits per heavy atom. The van der Waals surface area contributed by atoms with Crippen LogP contribution in [0.2, 0.25) is 0 Å². The molecule has 6 rings (SSSR count). The van der Waals surface area contributed by atoms with Crippen LogP contribution in [0.15, 0.2) is 42.5 Å². The zero-order valence-corrected chi connectivity index (χ0v) is 19.4. The van der Waals surface area contributed by atoms with E-state index in [1.54, 1.807) is 0 Å². The minimum absolute atomic E-state index is 0.121. The van der Waals surface area contributed by atoms with E-state index in [1.165, 1.54) is 55.3 Å². The molecule has 1 N–H and O–H groups in total. The molecule has 7 atom stereocenters. The zero-order chi connectivity index (χ0) is 21.4. The van der Waals surface area contributed by atoms with Crippen molar-refractivity contribution in [1.82, 2.24) is 4.98 Å². The van der Waals surface area contributed by atoms with Crippen molar-refractivity contribution in [3.8, 4) is 11.3 Å². The first-order chi connectivity index (χ1) is 14.8. The fourth-order valence-electron chi connectivity index (χ4n) is 8.67. The van der Waals surface area contributed by atoms with Crippen molar-refractivity contribution in [2.45, 2.75) is 77.7 Å². The van der Waals surface area contributed by atoms with Gasteiger partial charge in [0.05, 0.1) is 11.3 Å². The topological polar surface area (TPSA) is 33.1 Å². The van der Waals surface area contributed by atoms with Crippen LogP contribution < -0.4 is 0 Å². The van der Waals surface area contributed by atoms with Gasteiger partial charge in [-0.25, -0.2) is 0 Å². The standard InChI is InChI=1S/C29H37NO/c1-27-18-20-9-12-25(19-7-5-4-6-8-19)30-26(20)17-21(27)10-11-22-23(27)13-15-28(2)24(22)14-16-29(28,3)31/h4-9,12,21-24,31H,10-11,13-18H2,1-3H3/t21-,22?,23?,24?,27-,28-,29-/m0/s1. The number of pyridine rings is 1. The van der Waals surface area contributed by atoms with E-state index in [2.05, 4.69) is 63.2 Å². The Balaban J connectivity index is 1.32. The van der Waals surface area contributed by atoms with Gasteiger partial charge in [0.1, 0.15) is 0 Å². The smallest absolute Gasteiger partial charge is 0.0705 e. The molecule has 0 radical (unpaired) electrons. The summed E-state index contributed by atoms with van der Waals surface area (Å²) >= 11 is 0. The molecule has 4 aliphatic carbocycles. The van der Waals surface area contributed by atoms with Crippen LogP contribution >= 0.6 is 0 Å². The number of benzene rings is 1. The van der Waals surface area contributed by atoms with Crippen molar-refractivity contribution in [3.63, 3.8) is 0 Å². The van der Waals surface area contributed by atoms with Crippen LogP contribution in [0.4, 0.5) is 0 Å². The second-order valence-electron chi connectivity index (χ2n) is 12.0. The van der Waals surface area contributed by atoms with Crippen molar-refractivity contribution < 1.29 is 5.11 Å². The number of nitrogens with zero attached hydrogens (tertiary/aromatic N) is 1. The van der Waals surface area contributed by atoms with Crippen molar-refractivity contribution in [3.05, 3.63) is 53.7 Å². The van der Waals surface area contributed by atoms with Crippen molar-refractivity contribution in [1.29, 1.82) is 0 Å². The van der Waals surface area contributed by atoms with Gasteiger partial charge in [-0.3, -0.25) is 4.98 Å². The molecule has 164 valence electrons. The Bertz CT molecular complexity index is 997. The van der Waals surface area contributed by atoms with Crippen molar-refractivity contribution in [2.24, 2.45) is 34.5 Å². The van der Waals surface area contributed by atoms with E-state index >= 15 is 0 Å². The second kappa shape index (κ2) is 6.67. The Hall–Kier alpha value is -1.67. The third-order valence-electron chi connectivity index (χ3n) is 10.8. The Morgan fingerprint density at radius 2 is 1.65 bits per heavy atom. The number of fused-ring (bicyclic) bond motifs is 6. The Morgan fingerprint density at radius 3 is 2.45 bits per heavy atom. The van der Waals surface area contributed by atoms with Gasteiger partial charge in [0.2, 0.25) is 0 Å². The Kier molecular flexibility index (Phi) is 4.30. The largest absolute Gasteiger partial charge is 0.390 e. The molecule has 1 heterocycles. The molecule has 4 aliphatic rings. The van der Waals surface area contributed by atoms with Gasteiger partial charge < -0.3 is 5.11 Å². The van der Waals surface area contributed by atoms with Crippen LogP contribution in [0.5, 0.6) is 0 Å². The molecule has 3 unspecified atom stereocenters. The van der Waals surface area contributed by atoms with Gasteiger partial charge in [0, 0.05) is 11.3 Å². The SMILES string of the molecule is C[C@]1(O)CCC2C3CC[C@H]4Cc5nc(-c6ccccc6)ccc5C[C@]4(C)C3CC[C@@]21C. The molecule has 3 saturated carbocycles. The molecule has 0 amide bonds. The van der Waals surface area contributed by atoms with E-state index in [0.29, 0.717) is 11.3 Å². The van der Waals surface area contributed by atoms with Gasteiger partial charge in [0.15, 0.2) is 0 Å². The van der Waals surface area contributed by atoms with E-state index in [4.69, 9.17) is 4.98 Å².